The quantitative estimate of drug-likeness (QED) is 0.434. The highest BCUT2D eigenvalue weighted by Crippen LogP contribution is 2.34. The van der Waals surface area contributed by atoms with E-state index in [4.69, 9.17) is 4.98 Å². The molecule has 0 saturated carbocycles. The fraction of sp³-hybridized carbons (Fsp3) is 0. The van der Waals surface area contributed by atoms with E-state index in [1.165, 1.54) is 9.40 Å². The van der Waals surface area contributed by atoms with E-state index in [1.807, 2.05) is 30.7 Å². The minimum absolute atomic E-state index is 0.957. The summed E-state index contributed by atoms with van der Waals surface area (Å²) in [5.41, 5.74) is 4.05. The van der Waals surface area contributed by atoms with Crippen molar-refractivity contribution in [2.75, 3.05) is 0 Å². The molecule has 0 aliphatic rings. The molecule has 0 bridgehead atoms. The number of aromatic nitrogens is 3. The molecule has 1 aromatic carbocycles. The van der Waals surface area contributed by atoms with Crippen molar-refractivity contribution in [2.45, 2.75) is 0 Å². The van der Waals surface area contributed by atoms with Crippen molar-refractivity contribution in [3.63, 3.8) is 0 Å². The maximum absolute atomic E-state index is 4.93. The number of pyridine rings is 3. The second-order valence-corrected chi connectivity index (χ2v) is 6.48. The van der Waals surface area contributed by atoms with Gasteiger partial charge in [-0.25, -0.2) is 4.98 Å². The van der Waals surface area contributed by atoms with E-state index in [1.54, 1.807) is 11.3 Å². The number of benzene rings is 1. The number of nitrogens with zero attached hydrogens (tertiary/aromatic N) is 3. The summed E-state index contributed by atoms with van der Waals surface area (Å²) >= 11 is 1.73. The second kappa shape index (κ2) is 4.83. The van der Waals surface area contributed by atoms with E-state index >= 15 is 0 Å². The van der Waals surface area contributed by atoms with Gasteiger partial charge in [0, 0.05) is 34.9 Å². The van der Waals surface area contributed by atoms with Crippen LogP contribution in [0.1, 0.15) is 0 Å². The summed E-state index contributed by atoms with van der Waals surface area (Å²) in [7, 11) is 0. The number of rotatable bonds is 1. The first-order valence-corrected chi connectivity index (χ1v) is 8.19. The van der Waals surface area contributed by atoms with Gasteiger partial charge < -0.3 is 0 Å². The predicted octanol–water partition coefficient (Wildman–Crippen LogP) is 5.06. The molecule has 108 valence electrons. The lowest BCUT2D eigenvalue weighted by molar-refractivity contribution is 1.36. The van der Waals surface area contributed by atoms with E-state index in [0.29, 0.717) is 0 Å². The highest BCUT2D eigenvalue weighted by Gasteiger charge is 2.10. The standard InChI is InChI=1S/C19H11N3S/c1-3-12-4-2-9-21-18(12)13(5-1)15-6-7-16-19(22-15)14-8-10-20-11-17(14)23-16/h1-11H. The van der Waals surface area contributed by atoms with Crippen LogP contribution < -0.4 is 0 Å². The summed E-state index contributed by atoms with van der Waals surface area (Å²) in [5, 5.41) is 2.29. The Morgan fingerprint density at radius 2 is 1.74 bits per heavy atom. The van der Waals surface area contributed by atoms with Crippen LogP contribution in [-0.2, 0) is 0 Å². The molecular weight excluding hydrogens is 302 g/mol. The predicted molar refractivity (Wildman–Crippen MR) is 95.7 cm³/mol. The van der Waals surface area contributed by atoms with E-state index in [2.05, 4.69) is 46.4 Å². The third-order valence-electron chi connectivity index (χ3n) is 4.03. The lowest BCUT2D eigenvalue weighted by atomic mass is 10.1. The lowest BCUT2D eigenvalue weighted by Crippen LogP contribution is -1.87. The SMILES string of the molecule is c1cnc2c(-c3ccc4sc5cnccc5c4n3)cccc2c1. The molecule has 4 aromatic heterocycles. The van der Waals surface area contributed by atoms with Crippen LogP contribution in [0.2, 0.25) is 0 Å². The molecule has 0 aliphatic carbocycles. The molecule has 4 heterocycles. The Morgan fingerprint density at radius 3 is 2.74 bits per heavy atom. The van der Waals surface area contributed by atoms with Crippen LogP contribution in [0.25, 0.3) is 42.5 Å². The van der Waals surface area contributed by atoms with Crippen LogP contribution in [0.3, 0.4) is 0 Å². The minimum Gasteiger partial charge on any atom is -0.263 e. The van der Waals surface area contributed by atoms with Gasteiger partial charge in [-0.3, -0.25) is 9.97 Å². The third kappa shape index (κ3) is 1.92. The van der Waals surface area contributed by atoms with Crippen molar-refractivity contribution in [1.29, 1.82) is 0 Å². The molecule has 0 unspecified atom stereocenters. The molecule has 0 atom stereocenters. The summed E-state index contributed by atoms with van der Waals surface area (Å²) < 4.78 is 2.35. The van der Waals surface area contributed by atoms with Gasteiger partial charge in [-0.1, -0.05) is 24.3 Å². The molecule has 5 aromatic rings. The molecule has 0 N–H and O–H groups in total. The topological polar surface area (TPSA) is 38.7 Å². The summed E-state index contributed by atoms with van der Waals surface area (Å²) in [5.74, 6) is 0. The molecule has 4 heteroatoms. The number of hydrogen-bond donors (Lipinski definition) is 0. The Labute approximate surface area is 136 Å². The highest BCUT2D eigenvalue weighted by molar-refractivity contribution is 7.25. The fourth-order valence-corrected chi connectivity index (χ4v) is 3.97. The molecule has 3 nitrogen and oxygen atoms in total. The van der Waals surface area contributed by atoms with Gasteiger partial charge in [0.05, 0.1) is 26.1 Å². The average molecular weight is 313 g/mol. The summed E-state index contributed by atoms with van der Waals surface area (Å²) in [6, 6.07) is 16.5. The number of hydrogen-bond acceptors (Lipinski definition) is 4. The molecule has 5 rings (SSSR count). The van der Waals surface area contributed by atoms with Crippen molar-refractivity contribution in [2.24, 2.45) is 0 Å². The second-order valence-electron chi connectivity index (χ2n) is 5.40. The fourth-order valence-electron chi connectivity index (χ4n) is 2.96. The monoisotopic (exact) mass is 313 g/mol. The third-order valence-corrected chi connectivity index (χ3v) is 5.12. The molecule has 0 spiro atoms. The van der Waals surface area contributed by atoms with Gasteiger partial charge >= 0.3 is 0 Å². The van der Waals surface area contributed by atoms with Crippen LogP contribution in [0, 0.1) is 0 Å². The van der Waals surface area contributed by atoms with Gasteiger partial charge in [-0.2, -0.15) is 0 Å². The maximum Gasteiger partial charge on any atom is 0.0897 e. The van der Waals surface area contributed by atoms with Gasteiger partial charge in [0.15, 0.2) is 0 Å². The van der Waals surface area contributed by atoms with E-state index in [9.17, 15) is 0 Å². The zero-order valence-corrected chi connectivity index (χ0v) is 12.9. The van der Waals surface area contributed by atoms with E-state index < -0.39 is 0 Å². The molecule has 0 amide bonds. The van der Waals surface area contributed by atoms with Crippen molar-refractivity contribution in [1.82, 2.24) is 15.0 Å². The highest BCUT2D eigenvalue weighted by atomic mass is 32.1. The average Bonchev–Trinajstić information content (AvgIpc) is 2.99. The molecule has 0 saturated heterocycles. The maximum atomic E-state index is 4.93. The first-order chi connectivity index (χ1) is 11.4. The minimum atomic E-state index is 0.957. The first kappa shape index (κ1) is 12.7. The van der Waals surface area contributed by atoms with E-state index in [-0.39, 0.29) is 0 Å². The summed E-state index contributed by atoms with van der Waals surface area (Å²) in [6.45, 7) is 0. The van der Waals surface area contributed by atoms with E-state index in [0.717, 1.165) is 33.1 Å². The molecule has 0 fully saturated rings. The molecular formula is C19H11N3S. The summed E-state index contributed by atoms with van der Waals surface area (Å²) in [4.78, 5) is 13.7. The van der Waals surface area contributed by atoms with Crippen molar-refractivity contribution in [3.05, 3.63) is 67.1 Å². The Balaban J connectivity index is 1.84. The van der Waals surface area contributed by atoms with Gasteiger partial charge in [-0.15, -0.1) is 11.3 Å². The normalized spacial score (nSPS) is 11.5. The smallest absolute Gasteiger partial charge is 0.0897 e. The van der Waals surface area contributed by atoms with Crippen LogP contribution >= 0.6 is 11.3 Å². The molecule has 0 aliphatic heterocycles. The molecule has 0 radical (unpaired) electrons. The van der Waals surface area contributed by atoms with Crippen molar-refractivity contribution in [3.8, 4) is 11.3 Å². The molecule has 23 heavy (non-hydrogen) atoms. The van der Waals surface area contributed by atoms with Crippen molar-refractivity contribution >= 4 is 42.5 Å². The Bertz CT molecular complexity index is 1170. The van der Waals surface area contributed by atoms with Gasteiger partial charge in [0.1, 0.15) is 0 Å². The Morgan fingerprint density at radius 1 is 0.783 bits per heavy atom. The van der Waals surface area contributed by atoms with Gasteiger partial charge in [-0.05, 0) is 24.3 Å². The van der Waals surface area contributed by atoms with Crippen LogP contribution in [0.15, 0.2) is 67.1 Å². The summed E-state index contributed by atoms with van der Waals surface area (Å²) in [6.07, 6.45) is 5.55. The zero-order chi connectivity index (χ0) is 15.2. The largest absolute Gasteiger partial charge is 0.263 e. The Kier molecular flexibility index (Phi) is 2.66. The van der Waals surface area contributed by atoms with Crippen molar-refractivity contribution < 1.29 is 0 Å². The van der Waals surface area contributed by atoms with Gasteiger partial charge in [0.25, 0.3) is 0 Å². The number of para-hydroxylation sites is 1. The van der Waals surface area contributed by atoms with Crippen LogP contribution in [0.4, 0.5) is 0 Å². The van der Waals surface area contributed by atoms with Crippen LogP contribution in [0.5, 0.6) is 0 Å². The number of fused-ring (bicyclic) bond motifs is 4. The Hall–Kier alpha value is -2.85. The van der Waals surface area contributed by atoms with Gasteiger partial charge in [0.2, 0.25) is 0 Å². The first-order valence-electron chi connectivity index (χ1n) is 7.37. The number of thiophene rings is 1. The zero-order valence-electron chi connectivity index (χ0n) is 12.1. The lowest BCUT2D eigenvalue weighted by Gasteiger charge is -2.05. The van der Waals surface area contributed by atoms with Crippen LogP contribution in [-0.4, -0.2) is 15.0 Å².